The van der Waals surface area contributed by atoms with Gasteiger partial charge in [-0.25, -0.2) is 4.79 Å². The smallest absolute Gasteiger partial charge is 0.325 e. The van der Waals surface area contributed by atoms with Gasteiger partial charge in [-0.2, -0.15) is 4.98 Å². The number of carbonyl (C=O) groups is 3. The summed E-state index contributed by atoms with van der Waals surface area (Å²) < 4.78 is 5.37. The first-order valence-electron chi connectivity index (χ1n) is 9.97. The lowest BCUT2D eigenvalue weighted by Crippen LogP contribution is -2.47. The van der Waals surface area contributed by atoms with Crippen LogP contribution >= 0.6 is 0 Å². The molecule has 2 fully saturated rings. The summed E-state index contributed by atoms with van der Waals surface area (Å²) in [5, 5.41) is 9.53. The maximum absolute atomic E-state index is 12.7. The Labute approximate surface area is 173 Å². The molecule has 0 bridgehead atoms. The monoisotopic (exact) mass is 412 g/mol. The van der Waals surface area contributed by atoms with Crippen molar-refractivity contribution < 1.29 is 18.9 Å². The number of hydrogen-bond donors (Lipinski definition) is 2. The second-order valence-corrected chi connectivity index (χ2v) is 8.28. The number of aromatic nitrogens is 3. The van der Waals surface area contributed by atoms with Gasteiger partial charge in [0.25, 0.3) is 5.91 Å². The standard InChI is InChI=1S/C20H24N6O4/c1-11(2)15(17-23-16(25-30-17)12-6-8-21-9-7-12)22-14(27)10-26-18(28)20(3,13-4-5-13)24-19(26)29/h6-9,11,13,15H,4-5,10H2,1-3H3,(H,22,27)(H,24,29). The third-order valence-electron chi connectivity index (χ3n) is 5.63. The van der Waals surface area contributed by atoms with Gasteiger partial charge in [0.05, 0.1) is 0 Å². The van der Waals surface area contributed by atoms with Gasteiger partial charge < -0.3 is 15.2 Å². The number of hydrogen-bond acceptors (Lipinski definition) is 7. The molecule has 0 spiro atoms. The van der Waals surface area contributed by atoms with E-state index in [-0.39, 0.29) is 30.2 Å². The van der Waals surface area contributed by atoms with Gasteiger partial charge in [0.15, 0.2) is 0 Å². The van der Waals surface area contributed by atoms with Gasteiger partial charge in [0.1, 0.15) is 18.1 Å². The minimum absolute atomic E-state index is 0.0560. The number of urea groups is 1. The number of rotatable bonds is 7. The highest BCUT2D eigenvalue weighted by atomic mass is 16.5. The van der Waals surface area contributed by atoms with Crippen LogP contribution in [0.1, 0.15) is 45.5 Å². The van der Waals surface area contributed by atoms with Crippen LogP contribution < -0.4 is 10.6 Å². The lowest BCUT2D eigenvalue weighted by Gasteiger charge is -2.22. The van der Waals surface area contributed by atoms with Crippen molar-refractivity contribution in [1.29, 1.82) is 0 Å². The molecule has 0 aromatic carbocycles. The van der Waals surface area contributed by atoms with Crippen LogP contribution in [0, 0.1) is 11.8 Å². The van der Waals surface area contributed by atoms with E-state index >= 15 is 0 Å². The molecule has 1 aliphatic carbocycles. The fourth-order valence-electron chi connectivity index (χ4n) is 3.65. The highest BCUT2D eigenvalue weighted by Gasteiger charge is 2.56. The minimum Gasteiger partial charge on any atom is -0.342 e. The molecule has 3 heterocycles. The van der Waals surface area contributed by atoms with Crippen molar-refractivity contribution in [2.24, 2.45) is 11.8 Å². The fourth-order valence-corrected chi connectivity index (χ4v) is 3.65. The van der Waals surface area contributed by atoms with Crippen molar-refractivity contribution in [3.05, 3.63) is 30.4 Å². The molecular weight excluding hydrogens is 388 g/mol. The van der Waals surface area contributed by atoms with Crippen LogP contribution in [-0.4, -0.2) is 50.0 Å². The van der Waals surface area contributed by atoms with E-state index < -0.39 is 23.5 Å². The maximum atomic E-state index is 12.7. The van der Waals surface area contributed by atoms with Gasteiger partial charge in [-0.15, -0.1) is 0 Å². The van der Waals surface area contributed by atoms with Crippen molar-refractivity contribution in [2.45, 2.75) is 45.2 Å². The molecule has 158 valence electrons. The minimum atomic E-state index is -0.916. The summed E-state index contributed by atoms with van der Waals surface area (Å²) >= 11 is 0. The molecule has 4 amide bonds. The first-order valence-corrected chi connectivity index (χ1v) is 9.97. The summed E-state index contributed by atoms with van der Waals surface area (Å²) in [7, 11) is 0. The van der Waals surface area contributed by atoms with Gasteiger partial charge in [-0.1, -0.05) is 19.0 Å². The number of nitrogens with one attached hydrogen (secondary N) is 2. The Morgan fingerprint density at radius 3 is 2.67 bits per heavy atom. The normalized spacial score (nSPS) is 22.3. The van der Waals surface area contributed by atoms with Crippen molar-refractivity contribution in [1.82, 2.24) is 30.7 Å². The van der Waals surface area contributed by atoms with Gasteiger partial charge >= 0.3 is 6.03 Å². The van der Waals surface area contributed by atoms with E-state index in [4.69, 9.17) is 4.52 Å². The lowest BCUT2D eigenvalue weighted by molar-refractivity contribution is -0.135. The Kier molecular flexibility index (Phi) is 5.00. The third kappa shape index (κ3) is 3.64. The second kappa shape index (κ2) is 7.51. The predicted molar refractivity (Wildman–Crippen MR) is 105 cm³/mol. The molecule has 2 aromatic rings. The first kappa shape index (κ1) is 20.0. The van der Waals surface area contributed by atoms with Crippen molar-refractivity contribution in [3.8, 4) is 11.4 Å². The molecule has 2 aromatic heterocycles. The summed E-state index contributed by atoms with van der Waals surface area (Å²) in [5.41, 5.74) is -0.173. The Bertz CT molecular complexity index is 971. The van der Waals surface area contributed by atoms with Gasteiger partial charge in [0, 0.05) is 18.0 Å². The molecule has 1 saturated carbocycles. The van der Waals surface area contributed by atoms with Crippen LogP contribution in [0.15, 0.2) is 29.0 Å². The predicted octanol–water partition coefficient (Wildman–Crippen LogP) is 1.67. The highest BCUT2D eigenvalue weighted by molar-refractivity contribution is 6.09. The van der Waals surface area contributed by atoms with E-state index in [1.807, 2.05) is 13.8 Å². The molecule has 2 N–H and O–H groups in total. The van der Waals surface area contributed by atoms with Gasteiger partial charge in [-0.05, 0) is 43.7 Å². The number of carbonyl (C=O) groups excluding carboxylic acids is 3. The summed E-state index contributed by atoms with van der Waals surface area (Å²) in [5.74, 6) is -0.105. The van der Waals surface area contributed by atoms with Crippen molar-refractivity contribution in [3.63, 3.8) is 0 Å². The molecule has 4 rings (SSSR count). The average Bonchev–Trinajstić information content (AvgIpc) is 3.43. The summed E-state index contributed by atoms with van der Waals surface area (Å²) in [6.45, 7) is 5.17. The highest BCUT2D eigenvalue weighted by Crippen LogP contribution is 2.42. The van der Waals surface area contributed by atoms with Crippen LogP contribution in [0.4, 0.5) is 4.79 Å². The van der Waals surface area contributed by atoms with Gasteiger partial charge in [0.2, 0.25) is 17.6 Å². The first-order chi connectivity index (χ1) is 14.3. The van der Waals surface area contributed by atoms with Crippen LogP contribution in [0.3, 0.4) is 0 Å². The SMILES string of the molecule is CC(C)C(NC(=O)CN1C(=O)NC(C)(C2CC2)C1=O)c1nc(-c2ccncc2)no1. The van der Waals surface area contributed by atoms with Crippen LogP contribution in [-0.2, 0) is 9.59 Å². The molecule has 1 saturated heterocycles. The van der Waals surface area contributed by atoms with E-state index in [0.29, 0.717) is 5.82 Å². The zero-order valence-corrected chi connectivity index (χ0v) is 17.1. The molecule has 30 heavy (non-hydrogen) atoms. The van der Waals surface area contributed by atoms with Crippen LogP contribution in [0.25, 0.3) is 11.4 Å². The molecule has 2 atom stereocenters. The Balaban J connectivity index is 1.45. The molecular formula is C20H24N6O4. The fraction of sp³-hybridized carbons (Fsp3) is 0.500. The molecule has 2 aliphatic rings. The summed E-state index contributed by atoms with van der Waals surface area (Å²) in [4.78, 5) is 47.0. The van der Waals surface area contributed by atoms with E-state index in [1.54, 1.807) is 31.5 Å². The molecule has 2 unspecified atom stereocenters. The number of imide groups is 1. The Morgan fingerprint density at radius 2 is 2.03 bits per heavy atom. The van der Waals surface area contributed by atoms with E-state index in [1.165, 1.54) is 0 Å². The third-order valence-corrected chi connectivity index (χ3v) is 5.63. The molecule has 1 aliphatic heterocycles. The largest absolute Gasteiger partial charge is 0.342 e. The number of nitrogens with zero attached hydrogens (tertiary/aromatic N) is 4. The Hall–Kier alpha value is -3.30. The topological polar surface area (TPSA) is 130 Å². The van der Waals surface area contributed by atoms with E-state index in [9.17, 15) is 14.4 Å². The van der Waals surface area contributed by atoms with E-state index in [0.717, 1.165) is 23.3 Å². The van der Waals surface area contributed by atoms with Crippen LogP contribution in [0.2, 0.25) is 0 Å². The second-order valence-electron chi connectivity index (χ2n) is 8.28. The zero-order valence-electron chi connectivity index (χ0n) is 17.1. The quantitative estimate of drug-likeness (QED) is 0.661. The maximum Gasteiger partial charge on any atom is 0.325 e. The van der Waals surface area contributed by atoms with E-state index in [2.05, 4.69) is 25.8 Å². The zero-order chi connectivity index (χ0) is 21.5. The summed E-state index contributed by atoms with van der Waals surface area (Å²) in [6, 6.07) is 2.41. The van der Waals surface area contributed by atoms with Crippen LogP contribution in [0.5, 0.6) is 0 Å². The number of amides is 4. The molecule has 0 radical (unpaired) electrons. The molecule has 10 heteroatoms. The molecule has 10 nitrogen and oxygen atoms in total. The lowest BCUT2D eigenvalue weighted by atomic mass is 9.96. The van der Waals surface area contributed by atoms with Gasteiger partial charge in [-0.3, -0.25) is 19.5 Å². The van der Waals surface area contributed by atoms with Crippen molar-refractivity contribution in [2.75, 3.05) is 6.54 Å². The number of pyridine rings is 1. The summed E-state index contributed by atoms with van der Waals surface area (Å²) in [6.07, 6.45) is 5.05. The Morgan fingerprint density at radius 1 is 1.33 bits per heavy atom. The average molecular weight is 412 g/mol. The van der Waals surface area contributed by atoms with Crippen molar-refractivity contribution >= 4 is 17.8 Å².